The van der Waals surface area contributed by atoms with Crippen LogP contribution in [0.15, 0.2) is 42.5 Å². The maximum atomic E-state index is 13.1. The average Bonchev–Trinajstić information content (AvgIpc) is 2.42. The monoisotopic (exact) mass is 275 g/mol. The molecule has 20 heavy (non-hydrogen) atoms. The maximum Gasteiger partial charge on any atom is 0.252 e. The van der Waals surface area contributed by atoms with E-state index in [1.165, 1.54) is 12.1 Å². The van der Waals surface area contributed by atoms with Crippen LogP contribution in [-0.4, -0.2) is 5.91 Å². The van der Waals surface area contributed by atoms with Crippen molar-refractivity contribution in [2.24, 2.45) is 0 Å². The molecule has 0 radical (unpaired) electrons. The van der Waals surface area contributed by atoms with Gasteiger partial charge in [0, 0.05) is 0 Å². The molecule has 0 spiro atoms. The largest absolute Gasteiger partial charge is 0.272 e. The van der Waals surface area contributed by atoms with Crippen molar-refractivity contribution in [2.45, 2.75) is 19.8 Å². The van der Waals surface area contributed by atoms with E-state index in [0.29, 0.717) is 6.42 Å². The minimum absolute atomic E-state index is 0.000671. The number of amides is 1. The molecule has 0 unspecified atom stereocenters. The SMILES string of the molecule is Cc1ccc(Cc2cccc(F)c2)cc1CC(=O)NF. The second kappa shape index (κ2) is 6.28. The summed E-state index contributed by atoms with van der Waals surface area (Å²) in [5.41, 5.74) is 4.65. The predicted molar refractivity (Wildman–Crippen MR) is 73.3 cm³/mol. The van der Waals surface area contributed by atoms with Gasteiger partial charge < -0.3 is 0 Å². The van der Waals surface area contributed by atoms with Crippen LogP contribution in [0.5, 0.6) is 0 Å². The van der Waals surface area contributed by atoms with E-state index in [2.05, 4.69) is 0 Å². The molecule has 0 fully saturated rings. The van der Waals surface area contributed by atoms with E-state index in [1.54, 1.807) is 6.07 Å². The first-order valence-electron chi connectivity index (χ1n) is 6.31. The fourth-order valence-electron chi connectivity index (χ4n) is 2.11. The Morgan fingerprint density at radius 3 is 2.60 bits per heavy atom. The predicted octanol–water partition coefficient (Wildman–Crippen LogP) is 3.27. The number of halogens is 2. The molecule has 1 N–H and O–H groups in total. The Kier molecular flexibility index (Phi) is 4.45. The molecule has 4 heteroatoms. The molecule has 2 aromatic rings. The molecular formula is C16H15F2NO. The third-order valence-corrected chi connectivity index (χ3v) is 3.17. The molecule has 0 aromatic heterocycles. The van der Waals surface area contributed by atoms with Crippen molar-refractivity contribution < 1.29 is 13.7 Å². The number of nitrogens with one attached hydrogen (secondary N) is 1. The highest BCUT2D eigenvalue weighted by Crippen LogP contribution is 2.16. The fourth-order valence-corrected chi connectivity index (χ4v) is 2.11. The molecule has 1 amide bonds. The maximum absolute atomic E-state index is 13.1. The Morgan fingerprint density at radius 2 is 1.90 bits per heavy atom. The number of hydrogen-bond donors (Lipinski definition) is 1. The molecule has 0 saturated heterocycles. The van der Waals surface area contributed by atoms with Gasteiger partial charge in [0.15, 0.2) is 0 Å². The lowest BCUT2D eigenvalue weighted by atomic mass is 9.98. The van der Waals surface area contributed by atoms with Crippen molar-refractivity contribution in [2.75, 3.05) is 0 Å². The summed E-state index contributed by atoms with van der Waals surface area (Å²) < 4.78 is 25.2. The Labute approximate surface area is 116 Å². The minimum Gasteiger partial charge on any atom is -0.272 e. The van der Waals surface area contributed by atoms with Crippen molar-refractivity contribution in [3.8, 4) is 0 Å². The van der Waals surface area contributed by atoms with Crippen LogP contribution in [0.3, 0.4) is 0 Å². The van der Waals surface area contributed by atoms with Crippen LogP contribution in [0.4, 0.5) is 8.87 Å². The quantitative estimate of drug-likeness (QED) is 0.852. The standard InChI is InChI=1S/C16H15F2NO/c1-11-5-6-13(8-14(11)10-16(20)19-18)7-12-3-2-4-15(17)9-12/h2-6,8-9H,7,10H2,1H3,(H,19,20). The Bertz CT molecular complexity index is 626. The smallest absolute Gasteiger partial charge is 0.252 e. The number of rotatable bonds is 4. The van der Waals surface area contributed by atoms with Gasteiger partial charge >= 0.3 is 0 Å². The normalized spacial score (nSPS) is 10.3. The zero-order chi connectivity index (χ0) is 14.5. The van der Waals surface area contributed by atoms with Crippen LogP contribution in [0.25, 0.3) is 0 Å². The first-order chi connectivity index (χ1) is 9.58. The summed E-state index contributed by atoms with van der Waals surface area (Å²) in [6.45, 7) is 1.87. The summed E-state index contributed by atoms with van der Waals surface area (Å²) in [5.74, 6) is -0.942. The summed E-state index contributed by atoms with van der Waals surface area (Å²) in [6, 6.07) is 12.1. The first-order valence-corrected chi connectivity index (χ1v) is 6.31. The highest BCUT2D eigenvalue weighted by molar-refractivity contribution is 5.77. The second-order valence-electron chi connectivity index (χ2n) is 4.76. The van der Waals surface area contributed by atoms with E-state index < -0.39 is 5.91 Å². The molecule has 0 heterocycles. The highest BCUT2D eigenvalue weighted by Gasteiger charge is 2.07. The van der Waals surface area contributed by atoms with Crippen molar-refractivity contribution in [3.05, 3.63) is 70.5 Å². The number of hydrogen-bond acceptors (Lipinski definition) is 1. The number of carbonyl (C=O) groups excluding carboxylic acids is 1. The zero-order valence-electron chi connectivity index (χ0n) is 11.1. The van der Waals surface area contributed by atoms with Crippen LogP contribution in [0.2, 0.25) is 0 Å². The van der Waals surface area contributed by atoms with Crippen molar-refractivity contribution in [1.29, 1.82) is 0 Å². The van der Waals surface area contributed by atoms with Gasteiger partial charge in [-0.25, -0.2) is 4.39 Å². The van der Waals surface area contributed by atoms with Crippen molar-refractivity contribution in [3.63, 3.8) is 0 Å². The fraction of sp³-hybridized carbons (Fsp3) is 0.188. The lowest BCUT2D eigenvalue weighted by molar-refractivity contribution is -0.124. The summed E-state index contributed by atoms with van der Waals surface area (Å²) in [4.78, 5) is 11.1. The molecule has 104 valence electrons. The summed E-state index contributed by atoms with van der Waals surface area (Å²) in [5, 5.41) is 0. The van der Waals surface area contributed by atoms with Crippen molar-refractivity contribution >= 4 is 5.91 Å². The van der Waals surface area contributed by atoms with E-state index in [4.69, 9.17) is 0 Å². The molecule has 2 aromatic carbocycles. The molecule has 0 atom stereocenters. The zero-order valence-corrected chi connectivity index (χ0v) is 11.1. The minimum atomic E-state index is -0.670. The van der Waals surface area contributed by atoms with E-state index in [0.717, 1.165) is 27.8 Å². The van der Waals surface area contributed by atoms with Gasteiger partial charge in [-0.1, -0.05) is 30.3 Å². The third-order valence-electron chi connectivity index (χ3n) is 3.17. The summed E-state index contributed by atoms with van der Waals surface area (Å²) in [6.07, 6.45) is 0.571. The van der Waals surface area contributed by atoms with Gasteiger partial charge in [-0.3, -0.25) is 4.79 Å². The molecule has 0 aliphatic heterocycles. The molecule has 2 nitrogen and oxygen atoms in total. The highest BCUT2D eigenvalue weighted by atomic mass is 19.2. The molecule has 2 rings (SSSR count). The lowest BCUT2D eigenvalue weighted by Gasteiger charge is -2.08. The first kappa shape index (κ1) is 14.2. The number of aryl methyl sites for hydroxylation is 1. The van der Waals surface area contributed by atoms with Gasteiger partial charge in [-0.2, -0.15) is 5.54 Å². The second-order valence-corrected chi connectivity index (χ2v) is 4.76. The molecule has 0 aliphatic carbocycles. The molecular weight excluding hydrogens is 260 g/mol. The Balaban J connectivity index is 2.20. The van der Waals surface area contributed by atoms with Gasteiger partial charge in [0.25, 0.3) is 5.91 Å². The van der Waals surface area contributed by atoms with Gasteiger partial charge in [0.1, 0.15) is 5.82 Å². The topological polar surface area (TPSA) is 29.1 Å². The van der Waals surface area contributed by atoms with E-state index in [9.17, 15) is 13.7 Å². The average molecular weight is 275 g/mol. The van der Waals surface area contributed by atoms with Crippen LogP contribution in [-0.2, 0) is 17.6 Å². The van der Waals surface area contributed by atoms with Crippen LogP contribution in [0, 0.1) is 12.7 Å². The van der Waals surface area contributed by atoms with Crippen LogP contribution < -0.4 is 5.54 Å². The van der Waals surface area contributed by atoms with E-state index >= 15 is 0 Å². The molecule has 0 bridgehead atoms. The van der Waals surface area contributed by atoms with Gasteiger partial charge in [0.2, 0.25) is 0 Å². The van der Waals surface area contributed by atoms with Crippen LogP contribution >= 0.6 is 0 Å². The molecule has 0 aliphatic rings. The lowest BCUT2D eigenvalue weighted by Crippen LogP contribution is -2.16. The Morgan fingerprint density at radius 1 is 1.15 bits per heavy atom. The van der Waals surface area contributed by atoms with E-state index in [1.807, 2.05) is 31.2 Å². The molecule has 0 saturated carbocycles. The van der Waals surface area contributed by atoms with Crippen molar-refractivity contribution in [1.82, 2.24) is 5.54 Å². The third kappa shape index (κ3) is 3.63. The van der Waals surface area contributed by atoms with Crippen LogP contribution in [0.1, 0.15) is 22.3 Å². The number of benzene rings is 2. The number of carbonyl (C=O) groups is 1. The Hall–Kier alpha value is -2.23. The van der Waals surface area contributed by atoms with Gasteiger partial charge in [-0.15, -0.1) is 4.48 Å². The summed E-state index contributed by atoms with van der Waals surface area (Å²) >= 11 is 0. The summed E-state index contributed by atoms with van der Waals surface area (Å²) in [7, 11) is 0. The van der Waals surface area contributed by atoms with E-state index in [-0.39, 0.29) is 12.2 Å². The van der Waals surface area contributed by atoms with Gasteiger partial charge in [0.05, 0.1) is 6.42 Å². The van der Waals surface area contributed by atoms with Gasteiger partial charge in [-0.05, 0) is 47.7 Å².